The smallest absolute Gasteiger partial charge is 0.359 e. The van der Waals surface area contributed by atoms with E-state index in [1.807, 2.05) is 36.4 Å². The Morgan fingerprint density at radius 3 is 1.87 bits per heavy atom. The number of halogens is 1. The standard InChI is InChI=1S/C14H9INO2S.C10H13.Cu.Li/c15-13-10-16(14-9-5-4-8-12(13)14)19(17,18)11-6-2-1-3-7-11;1-10(2,3)9-7-5-4-6-8-9;;/h1-9H;4-8H,1H2,2-3H3;;/q2*-1;+2;. The van der Waals surface area contributed by atoms with Crippen LogP contribution in [0.2, 0.25) is 0 Å². The Labute approximate surface area is 221 Å². The van der Waals surface area contributed by atoms with Crippen molar-refractivity contribution >= 4 is 62.4 Å². The third-order valence-electron chi connectivity index (χ3n) is 4.40. The van der Waals surface area contributed by atoms with Crippen LogP contribution < -0.4 is 0 Å². The van der Waals surface area contributed by atoms with Crippen molar-refractivity contribution in [1.82, 2.24) is 3.97 Å². The molecule has 4 aromatic rings. The number of rotatable bonds is 3. The van der Waals surface area contributed by atoms with Gasteiger partial charge in [0.25, 0.3) is 0 Å². The van der Waals surface area contributed by atoms with Crippen LogP contribution in [0.3, 0.4) is 0 Å². The van der Waals surface area contributed by atoms with E-state index in [-0.39, 0.29) is 46.2 Å². The van der Waals surface area contributed by atoms with Crippen molar-refractivity contribution in [2.45, 2.75) is 24.2 Å². The molecule has 160 valence electrons. The van der Waals surface area contributed by atoms with Crippen LogP contribution in [0.1, 0.15) is 19.4 Å². The molecule has 4 rings (SSSR count). The summed E-state index contributed by atoms with van der Waals surface area (Å²) in [5.74, 6) is 0. The molecule has 3 aromatic carbocycles. The van der Waals surface area contributed by atoms with Crippen molar-refractivity contribution in [3.8, 4) is 0 Å². The predicted molar refractivity (Wildman–Crippen MR) is 133 cm³/mol. The molecule has 0 unspecified atom stereocenters. The van der Waals surface area contributed by atoms with Gasteiger partial charge in [0.15, 0.2) is 0 Å². The minimum atomic E-state index is -3.59. The first-order valence-corrected chi connectivity index (χ1v) is 11.6. The van der Waals surface area contributed by atoms with E-state index < -0.39 is 10.0 Å². The molecule has 3 nitrogen and oxygen atoms in total. The summed E-state index contributed by atoms with van der Waals surface area (Å²) in [6.07, 6.45) is 2.91. The van der Waals surface area contributed by atoms with Crippen LogP contribution in [0.5, 0.6) is 0 Å². The Morgan fingerprint density at radius 1 is 0.871 bits per heavy atom. The first-order valence-electron chi connectivity index (χ1n) is 9.11. The summed E-state index contributed by atoms with van der Waals surface area (Å²) in [4.78, 5) is 0.267. The monoisotopic (exact) mass is 585 g/mol. The Hall–Kier alpha value is -1.00. The van der Waals surface area contributed by atoms with Crippen LogP contribution in [-0.2, 0) is 32.5 Å². The van der Waals surface area contributed by atoms with E-state index in [1.165, 1.54) is 9.54 Å². The average Bonchev–Trinajstić information content (AvgIpc) is 3.07. The molecule has 0 N–H and O–H groups in total. The average molecular weight is 586 g/mol. The molecule has 0 amide bonds. The van der Waals surface area contributed by atoms with Crippen molar-refractivity contribution in [2.75, 3.05) is 0 Å². The van der Waals surface area contributed by atoms with Gasteiger partial charge in [0.2, 0.25) is 10.0 Å². The largest absolute Gasteiger partial charge is 2.00 e. The second kappa shape index (κ2) is 11.7. The Bertz CT molecular complexity index is 1200. The summed E-state index contributed by atoms with van der Waals surface area (Å²) < 4.78 is 27.2. The van der Waals surface area contributed by atoms with Crippen LogP contribution in [-0.4, -0.2) is 31.3 Å². The number of fused-ring (bicyclic) bond motifs is 1. The maximum absolute atomic E-state index is 12.6. The summed E-state index contributed by atoms with van der Waals surface area (Å²) in [6, 6.07) is 26.1. The maximum atomic E-state index is 12.6. The molecule has 1 aromatic heterocycles. The van der Waals surface area contributed by atoms with Gasteiger partial charge in [-0.15, -0.1) is 22.9 Å². The number of aromatic nitrogens is 1. The normalized spacial score (nSPS) is 11.0. The van der Waals surface area contributed by atoms with Gasteiger partial charge in [-0.05, 0) is 12.1 Å². The second-order valence-corrected chi connectivity index (χ2v) is 10.1. The van der Waals surface area contributed by atoms with E-state index >= 15 is 0 Å². The molecular formula is C24H22CuILiNO2S. The van der Waals surface area contributed by atoms with Gasteiger partial charge >= 0.3 is 17.1 Å². The summed E-state index contributed by atoms with van der Waals surface area (Å²) in [5.41, 5.74) is 1.98. The van der Waals surface area contributed by atoms with Gasteiger partial charge in [-0.2, -0.15) is 0 Å². The Kier molecular flexibility index (Phi) is 10.6. The van der Waals surface area contributed by atoms with E-state index in [2.05, 4.69) is 61.7 Å². The van der Waals surface area contributed by atoms with Crippen molar-refractivity contribution in [3.05, 3.63) is 107 Å². The molecule has 2 radical (unpaired) electrons. The summed E-state index contributed by atoms with van der Waals surface area (Å²) in [5, 5.41) is 0.891. The molecule has 0 saturated heterocycles. The summed E-state index contributed by atoms with van der Waals surface area (Å²) in [7, 11) is -3.59. The molecule has 0 bridgehead atoms. The van der Waals surface area contributed by atoms with Gasteiger partial charge in [0.1, 0.15) is 0 Å². The third kappa shape index (κ3) is 6.74. The molecule has 0 aliphatic carbocycles. The SMILES string of the molecule is O=S(=O)(c1ccccc1)n1[c-]c(I)c2ccccc21.[CH2-]C(C)(C)c1ccccc1.[Cu+2].[Li]. The van der Waals surface area contributed by atoms with Gasteiger partial charge < -0.3 is 10.9 Å². The molecule has 0 spiro atoms. The molecule has 0 aliphatic heterocycles. The van der Waals surface area contributed by atoms with Gasteiger partial charge in [0.05, 0.1) is 4.90 Å². The number of benzene rings is 3. The van der Waals surface area contributed by atoms with E-state index in [4.69, 9.17) is 0 Å². The molecule has 0 saturated carbocycles. The zero-order valence-corrected chi connectivity index (χ0v) is 21.6. The van der Waals surface area contributed by atoms with Gasteiger partial charge in [0, 0.05) is 18.9 Å². The fraction of sp³-hybridized carbons (Fsp3) is 0.125. The number of nitrogens with zero attached hydrogens (tertiary/aromatic N) is 1. The van der Waals surface area contributed by atoms with Crippen molar-refractivity contribution < 1.29 is 25.5 Å². The van der Waals surface area contributed by atoms with Crippen LogP contribution in [0.25, 0.3) is 10.9 Å². The second-order valence-electron chi connectivity index (χ2n) is 7.28. The Morgan fingerprint density at radius 2 is 1.35 bits per heavy atom. The van der Waals surface area contributed by atoms with Crippen LogP contribution in [0, 0.1) is 16.7 Å². The number of para-hydroxylation sites is 1. The Balaban J connectivity index is 0.000000345. The predicted octanol–water partition coefficient (Wildman–Crippen LogP) is 5.70. The maximum Gasteiger partial charge on any atom is 2.00 e. The van der Waals surface area contributed by atoms with Crippen molar-refractivity contribution in [3.63, 3.8) is 0 Å². The van der Waals surface area contributed by atoms with Crippen LogP contribution >= 0.6 is 22.6 Å². The molecule has 0 aliphatic rings. The summed E-state index contributed by atoms with van der Waals surface area (Å²) in [6.45, 7) is 8.27. The van der Waals surface area contributed by atoms with Gasteiger partial charge in [-0.25, -0.2) is 8.42 Å². The zero-order valence-electron chi connectivity index (χ0n) is 17.6. The fourth-order valence-corrected chi connectivity index (χ4v) is 5.03. The zero-order chi connectivity index (χ0) is 21.1. The molecule has 7 heteroatoms. The van der Waals surface area contributed by atoms with Crippen molar-refractivity contribution in [1.29, 1.82) is 0 Å². The topological polar surface area (TPSA) is 39.1 Å². The minimum absolute atomic E-state index is 0. The van der Waals surface area contributed by atoms with E-state index in [9.17, 15) is 8.42 Å². The van der Waals surface area contributed by atoms with Crippen LogP contribution in [0.4, 0.5) is 0 Å². The molecular weight excluding hydrogens is 564 g/mol. The quantitative estimate of drug-likeness (QED) is 0.176. The first-order chi connectivity index (χ1) is 13.7. The van der Waals surface area contributed by atoms with E-state index in [1.54, 1.807) is 36.4 Å². The van der Waals surface area contributed by atoms with Crippen molar-refractivity contribution in [2.24, 2.45) is 0 Å². The summed E-state index contributed by atoms with van der Waals surface area (Å²) >= 11 is 2.10. The van der Waals surface area contributed by atoms with Gasteiger partial charge in [-0.3, -0.25) is 0 Å². The van der Waals surface area contributed by atoms with Crippen LogP contribution in [0.15, 0.2) is 89.8 Å². The molecule has 31 heavy (non-hydrogen) atoms. The third-order valence-corrected chi connectivity index (χ3v) is 6.85. The van der Waals surface area contributed by atoms with E-state index in [0.717, 1.165) is 8.96 Å². The van der Waals surface area contributed by atoms with E-state index in [0.29, 0.717) is 5.52 Å². The fourth-order valence-electron chi connectivity index (χ4n) is 2.82. The number of hydrogen-bond donors (Lipinski definition) is 0. The molecule has 0 atom stereocenters. The van der Waals surface area contributed by atoms with Gasteiger partial charge in [-0.1, -0.05) is 118 Å². The first kappa shape index (κ1) is 28.0. The molecule has 1 heterocycles. The minimum Gasteiger partial charge on any atom is -0.359 e. The molecule has 0 fully saturated rings. The number of hydrogen-bond acceptors (Lipinski definition) is 2.